The lowest BCUT2D eigenvalue weighted by molar-refractivity contribution is 0.415. The lowest BCUT2D eigenvalue weighted by Crippen LogP contribution is -2.10. The molecule has 164 valence electrons. The quantitative estimate of drug-likeness (QED) is 0.306. The van der Waals surface area contributed by atoms with Gasteiger partial charge in [0.1, 0.15) is 5.75 Å². The van der Waals surface area contributed by atoms with E-state index >= 15 is 0 Å². The van der Waals surface area contributed by atoms with E-state index in [0.717, 1.165) is 33.7 Å². The van der Waals surface area contributed by atoms with Crippen LogP contribution in [0.15, 0.2) is 78.0 Å². The van der Waals surface area contributed by atoms with Gasteiger partial charge in [-0.3, -0.25) is 4.57 Å². The summed E-state index contributed by atoms with van der Waals surface area (Å²) in [5.41, 5.74) is 6.05. The number of aromatic nitrogens is 3. The molecule has 0 amide bonds. The Morgan fingerprint density at radius 2 is 1.50 bits per heavy atom. The molecule has 5 heteroatoms. The van der Waals surface area contributed by atoms with E-state index < -0.39 is 0 Å². The molecule has 4 nitrogen and oxygen atoms in total. The summed E-state index contributed by atoms with van der Waals surface area (Å²) >= 11 is 1.70. The summed E-state index contributed by atoms with van der Waals surface area (Å²) in [4.78, 5) is 0. The zero-order valence-corrected chi connectivity index (χ0v) is 20.1. The van der Waals surface area contributed by atoms with Crippen molar-refractivity contribution in [3.63, 3.8) is 0 Å². The minimum Gasteiger partial charge on any atom is -0.497 e. The molecule has 32 heavy (non-hydrogen) atoms. The first kappa shape index (κ1) is 22.2. The largest absolute Gasteiger partial charge is 0.497 e. The van der Waals surface area contributed by atoms with Gasteiger partial charge in [0.05, 0.1) is 7.11 Å². The molecule has 1 heterocycles. The van der Waals surface area contributed by atoms with Gasteiger partial charge in [0.25, 0.3) is 0 Å². The molecule has 0 unspecified atom stereocenters. The van der Waals surface area contributed by atoms with Crippen molar-refractivity contribution in [3.8, 4) is 22.8 Å². The number of thioether (sulfide) groups is 1. The molecule has 3 aromatic carbocycles. The minimum atomic E-state index is 0.157. The van der Waals surface area contributed by atoms with Gasteiger partial charge in [0, 0.05) is 17.0 Å². The molecular weight excluding hydrogens is 414 g/mol. The van der Waals surface area contributed by atoms with Crippen molar-refractivity contribution in [2.45, 2.75) is 44.0 Å². The number of ether oxygens (including phenoxy) is 1. The number of hydrogen-bond acceptors (Lipinski definition) is 4. The molecule has 4 aromatic rings. The summed E-state index contributed by atoms with van der Waals surface area (Å²) in [5, 5.41) is 9.98. The first-order valence-corrected chi connectivity index (χ1v) is 11.7. The van der Waals surface area contributed by atoms with Gasteiger partial charge < -0.3 is 4.74 Å². The Kier molecular flexibility index (Phi) is 6.38. The molecule has 0 aliphatic carbocycles. The lowest BCUT2D eigenvalue weighted by Gasteiger charge is -2.19. The predicted molar refractivity (Wildman–Crippen MR) is 133 cm³/mol. The molecule has 0 aliphatic heterocycles. The fourth-order valence-corrected chi connectivity index (χ4v) is 4.37. The third kappa shape index (κ3) is 4.89. The van der Waals surface area contributed by atoms with Gasteiger partial charge in [-0.1, -0.05) is 74.5 Å². The molecular formula is C27H29N3OS. The van der Waals surface area contributed by atoms with Crippen LogP contribution in [0.25, 0.3) is 17.1 Å². The molecule has 0 fully saturated rings. The second-order valence-corrected chi connectivity index (χ2v) is 9.88. The summed E-state index contributed by atoms with van der Waals surface area (Å²) in [6.07, 6.45) is 0. The van der Waals surface area contributed by atoms with Gasteiger partial charge in [-0.25, -0.2) is 0 Å². The highest BCUT2D eigenvalue weighted by molar-refractivity contribution is 7.98. The summed E-state index contributed by atoms with van der Waals surface area (Å²) < 4.78 is 7.44. The van der Waals surface area contributed by atoms with E-state index in [9.17, 15) is 0 Å². The maximum absolute atomic E-state index is 5.31. The Hall–Kier alpha value is -3.05. The third-order valence-electron chi connectivity index (χ3n) is 5.46. The maximum atomic E-state index is 5.31. The van der Waals surface area contributed by atoms with Crippen LogP contribution in [0.2, 0.25) is 0 Å². The van der Waals surface area contributed by atoms with Gasteiger partial charge >= 0.3 is 0 Å². The summed E-state index contributed by atoms with van der Waals surface area (Å²) in [6.45, 7) is 8.81. The van der Waals surface area contributed by atoms with Crippen molar-refractivity contribution in [2.24, 2.45) is 0 Å². The van der Waals surface area contributed by atoms with Crippen LogP contribution in [0.3, 0.4) is 0 Å². The lowest BCUT2D eigenvalue weighted by atomic mass is 9.87. The van der Waals surface area contributed by atoms with Crippen LogP contribution in [0.5, 0.6) is 5.75 Å². The number of rotatable bonds is 6. The normalized spacial score (nSPS) is 11.5. The van der Waals surface area contributed by atoms with Crippen molar-refractivity contribution >= 4 is 11.8 Å². The second kappa shape index (κ2) is 9.21. The number of benzene rings is 3. The van der Waals surface area contributed by atoms with Crippen LogP contribution in [-0.2, 0) is 11.2 Å². The fraction of sp³-hybridized carbons (Fsp3) is 0.259. The average Bonchev–Trinajstić information content (AvgIpc) is 3.22. The van der Waals surface area contributed by atoms with Gasteiger partial charge in [-0.05, 0) is 59.9 Å². The van der Waals surface area contributed by atoms with Crippen LogP contribution >= 0.6 is 11.8 Å². The van der Waals surface area contributed by atoms with Crippen molar-refractivity contribution in [1.82, 2.24) is 14.8 Å². The first-order chi connectivity index (χ1) is 15.3. The van der Waals surface area contributed by atoms with Crippen molar-refractivity contribution < 1.29 is 4.74 Å². The van der Waals surface area contributed by atoms with Gasteiger partial charge in [0.15, 0.2) is 11.0 Å². The average molecular weight is 444 g/mol. The molecule has 0 saturated heterocycles. The molecule has 0 saturated carbocycles. The SMILES string of the molecule is COc1ccc(-c2nnc(SCc3ccc(C(C)(C)C)cc3)n2-c2ccc(C)cc2)cc1. The molecule has 1 aromatic heterocycles. The molecule has 0 radical (unpaired) electrons. The third-order valence-corrected chi connectivity index (χ3v) is 6.46. The first-order valence-electron chi connectivity index (χ1n) is 10.7. The number of hydrogen-bond donors (Lipinski definition) is 0. The summed E-state index contributed by atoms with van der Waals surface area (Å²) in [5.74, 6) is 2.47. The topological polar surface area (TPSA) is 39.9 Å². The Balaban J connectivity index is 1.65. The highest BCUT2D eigenvalue weighted by atomic mass is 32.2. The molecule has 0 N–H and O–H groups in total. The van der Waals surface area contributed by atoms with Crippen molar-refractivity contribution in [3.05, 3.63) is 89.5 Å². The second-order valence-electron chi connectivity index (χ2n) is 8.94. The highest BCUT2D eigenvalue weighted by Crippen LogP contribution is 2.31. The highest BCUT2D eigenvalue weighted by Gasteiger charge is 2.17. The monoisotopic (exact) mass is 443 g/mol. The molecule has 0 aliphatic rings. The van der Waals surface area contributed by atoms with E-state index in [4.69, 9.17) is 4.74 Å². The molecule has 4 rings (SSSR count). The van der Waals surface area contributed by atoms with E-state index in [0.29, 0.717) is 0 Å². The van der Waals surface area contributed by atoms with E-state index in [2.05, 4.69) is 91.0 Å². The molecule has 0 spiro atoms. The fourth-order valence-electron chi connectivity index (χ4n) is 3.47. The zero-order chi connectivity index (χ0) is 22.7. The molecule has 0 bridgehead atoms. The number of nitrogens with zero attached hydrogens (tertiary/aromatic N) is 3. The Morgan fingerprint density at radius 3 is 2.09 bits per heavy atom. The van der Waals surface area contributed by atoms with Crippen molar-refractivity contribution in [1.29, 1.82) is 0 Å². The van der Waals surface area contributed by atoms with Gasteiger partial charge in [0.2, 0.25) is 0 Å². The Morgan fingerprint density at radius 1 is 0.844 bits per heavy atom. The van der Waals surface area contributed by atoms with Crippen molar-refractivity contribution in [2.75, 3.05) is 7.11 Å². The van der Waals surface area contributed by atoms with Crippen LogP contribution in [-0.4, -0.2) is 21.9 Å². The standard InChI is InChI=1S/C27H29N3OS/c1-19-6-14-23(15-7-19)30-25(21-10-16-24(31-5)17-11-21)28-29-26(30)32-18-20-8-12-22(13-9-20)27(2,3)4/h6-17H,18H2,1-5H3. The predicted octanol–water partition coefficient (Wildman–Crippen LogP) is 6.84. The van der Waals surface area contributed by atoms with Gasteiger partial charge in [-0.2, -0.15) is 0 Å². The zero-order valence-electron chi connectivity index (χ0n) is 19.3. The summed E-state index contributed by atoms with van der Waals surface area (Å²) in [6, 6.07) is 25.3. The smallest absolute Gasteiger partial charge is 0.196 e. The summed E-state index contributed by atoms with van der Waals surface area (Å²) in [7, 11) is 1.67. The maximum Gasteiger partial charge on any atom is 0.196 e. The van der Waals surface area contributed by atoms with E-state index in [1.165, 1.54) is 16.7 Å². The van der Waals surface area contributed by atoms with Crippen LogP contribution in [0.4, 0.5) is 0 Å². The van der Waals surface area contributed by atoms with E-state index in [1.807, 2.05) is 24.3 Å². The molecule has 0 atom stereocenters. The number of aryl methyl sites for hydroxylation is 1. The Labute approximate surface area is 194 Å². The number of methoxy groups -OCH3 is 1. The Bertz CT molecular complexity index is 1170. The van der Waals surface area contributed by atoms with E-state index in [-0.39, 0.29) is 5.41 Å². The van der Waals surface area contributed by atoms with E-state index in [1.54, 1.807) is 18.9 Å². The van der Waals surface area contributed by atoms with Crippen LogP contribution in [0.1, 0.15) is 37.5 Å². The minimum absolute atomic E-state index is 0.157. The van der Waals surface area contributed by atoms with Crippen LogP contribution < -0.4 is 4.74 Å². The van der Waals surface area contributed by atoms with Crippen LogP contribution in [0, 0.1) is 6.92 Å². The van der Waals surface area contributed by atoms with Gasteiger partial charge in [-0.15, -0.1) is 10.2 Å².